The zero-order valence-electron chi connectivity index (χ0n) is 17.5. The van der Waals surface area contributed by atoms with Gasteiger partial charge >= 0.3 is 0 Å². The molecule has 0 aromatic heterocycles. The molecule has 1 aliphatic rings. The van der Waals surface area contributed by atoms with E-state index in [2.05, 4.69) is 6.92 Å². The largest absolute Gasteiger partial charge is 0.493 e. The van der Waals surface area contributed by atoms with Gasteiger partial charge in [-0.05, 0) is 37.0 Å². The maximum absolute atomic E-state index is 10.5. The first kappa shape index (κ1) is 23.5. The Bertz CT molecular complexity index is 497. The van der Waals surface area contributed by atoms with E-state index >= 15 is 0 Å². The van der Waals surface area contributed by atoms with Crippen molar-refractivity contribution in [2.24, 2.45) is 5.92 Å². The van der Waals surface area contributed by atoms with E-state index in [9.17, 15) is 4.79 Å². The zero-order valence-corrected chi connectivity index (χ0v) is 17.5. The number of benzene rings is 1. The maximum atomic E-state index is 10.5. The molecule has 1 aliphatic carbocycles. The Labute approximate surface area is 165 Å². The molecule has 4 heteroatoms. The van der Waals surface area contributed by atoms with Crippen molar-refractivity contribution in [3.63, 3.8) is 0 Å². The number of rotatable bonds is 13. The van der Waals surface area contributed by atoms with Crippen LogP contribution in [0.1, 0.15) is 81.5 Å². The molecule has 27 heavy (non-hydrogen) atoms. The minimum absolute atomic E-state index is 0.592. The van der Waals surface area contributed by atoms with Crippen LogP contribution in [0.25, 0.3) is 0 Å². The van der Waals surface area contributed by atoms with Crippen molar-refractivity contribution in [2.75, 3.05) is 27.4 Å². The molecule has 154 valence electrons. The number of ether oxygens (including phenoxy) is 3. The molecule has 0 saturated heterocycles. The van der Waals surface area contributed by atoms with Gasteiger partial charge in [0.25, 0.3) is 0 Å². The average Bonchev–Trinajstić information content (AvgIpc) is 2.67. The Morgan fingerprint density at radius 1 is 1.00 bits per heavy atom. The molecule has 0 bridgehead atoms. The Hall–Kier alpha value is -1.55. The van der Waals surface area contributed by atoms with Crippen LogP contribution in [0.3, 0.4) is 0 Å². The van der Waals surface area contributed by atoms with Crippen LogP contribution in [0.5, 0.6) is 11.5 Å². The van der Waals surface area contributed by atoms with Crippen molar-refractivity contribution in [3.05, 3.63) is 23.8 Å². The van der Waals surface area contributed by atoms with E-state index in [-0.39, 0.29) is 0 Å². The summed E-state index contributed by atoms with van der Waals surface area (Å²) in [6, 6.07) is 5.16. The molecule has 0 radical (unpaired) electrons. The quantitative estimate of drug-likeness (QED) is 0.309. The van der Waals surface area contributed by atoms with Crippen LogP contribution >= 0.6 is 0 Å². The Kier molecular flexibility index (Phi) is 13.5. The third-order valence-electron chi connectivity index (χ3n) is 5.01. The topological polar surface area (TPSA) is 44.8 Å². The number of carbonyl (C=O) groups excluding carboxylic acids is 1. The first-order chi connectivity index (χ1) is 13.2. The monoisotopic (exact) mass is 378 g/mol. The van der Waals surface area contributed by atoms with Crippen molar-refractivity contribution in [1.82, 2.24) is 0 Å². The summed E-state index contributed by atoms with van der Waals surface area (Å²) >= 11 is 0. The van der Waals surface area contributed by atoms with Gasteiger partial charge in [0.05, 0.1) is 13.7 Å². The van der Waals surface area contributed by atoms with Crippen LogP contribution in [0.2, 0.25) is 0 Å². The lowest BCUT2D eigenvalue weighted by Crippen LogP contribution is -2.10. The van der Waals surface area contributed by atoms with Crippen LogP contribution in [-0.2, 0) is 4.74 Å². The van der Waals surface area contributed by atoms with E-state index < -0.39 is 0 Å². The van der Waals surface area contributed by atoms with E-state index in [1.54, 1.807) is 32.4 Å². The highest BCUT2D eigenvalue weighted by atomic mass is 16.5. The summed E-state index contributed by atoms with van der Waals surface area (Å²) in [6.45, 7) is 3.73. The van der Waals surface area contributed by atoms with Crippen molar-refractivity contribution in [2.45, 2.75) is 71.1 Å². The van der Waals surface area contributed by atoms with Gasteiger partial charge in [-0.1, -0.05) is 58.3 Å². The fourth-order valence-corrected chi connectivity index (χ4v) is 3.02. The summed E-state index contributed by atoms with van der Waals surface area (Å²) in [5.41, 5.74) is 0.592. The predicted octanol–water partition coefficient (Wildman–Crippen LogP) is 6.07. The molecule has 0 aliphatic heterocycles. The van der Waals surface area contributed by atoms with E-state index in [0.717, 1.165) is 31.7 Å². The Balaban J connectivity index is 0.000000277. The molecule has 0 unspecified atom stereocenters. The minimum Gasteiger partial charge on any atom is -0.493 e. The van der Waals surface area contributed by atoms with Gasteiger partial charge < -0.3 is 14.2 Å². The molecular formula is C23H38O4. The number of carbonyl (C=O) groups is 1. The van der Waals surface area contributed by atoms with Crippen LogP contribution < -0.4 is 9.47 Å². The summed E-state index contributed by atoms with van der Waals surface area (Å²) in [7, 11) is 3.35. The van der Waals surface area contributed by atoms with Gasteiger partial charge in [0.15, 0.2) is 11.5 Å². The second kappa shape index (κ2) is 15.5. The second-order valence-electron chi connectivity index (χ2n) is 7.22. The first-order valence-electron chi connectivity index (χ1n) is 10.5. The van der Waals surface area contributed by atoms with Crippen molar-refractivity contribution < 1.29 is 19.0 Å². The molecule has 1 aromatic rings. The molecular weight excluding hydrogens is 340 g/mol. The number of aldehydes is 1. The fraction of sp³-hybridized carbons (Fsp3) is 0.696. The smallest absolute Gasteiger partial charge is 0.161 e. The van der Waals surface area contributed by atoms with E-state index in [1.807, 2.05) is 0 Å². The van der Waals surface area contributed by atoms with Gasteiger partial charge in [-0.2, -0.15) is 0 Å². The van der Waals surface area contributed by atoms with Crippen molar-refractivity contribution >= 4 is 6.29 Å². The summed E-state index contributed by atoms with van der Waals surface area (Å²) < 4.78 is 15.7. The molecule has 1 fully saturated rings. The van der Waals surface area contributed by atoms with Crippen LogP contribution in [-0.4, -0.2) is 33.7 Å². The second-order valence-corrected chi connectivity index (χ2v) is 7.22. The van der Waals surface area contributed by atoms with Gasteiger partial charge in [-0.25, -0.2) is 0 Å². The summed E-state index contributed by atoms with van der Waals surface area (Å²) in [5.74, 6) is 2.40. The first-order valence-corrected chi connectivity index (χ1v) is 10.5. The van der Waals surface area contributed by atoms with Crippen molar-refractivity contribution in [3.8, 4) is 11.5 Å². The average molecular weight is 379 g/mol. The van der Waals surface area contributed by atoms with Gasteiger partial charge in [0.2, 0.25) is 0 Å². The van der Waals surface area contributed by atoms with Crippen LogP contribution in [0.4, 0.5) is 0 Å². The minimum atomic E-state index is 0.592. The summed E-state index contributed by atoms with van der Waals surface area (Å²) in [4.78, 5) is 10.5. The van der Waals surface area contributed by atoms with E-state index in [0.29, 0.717) is 23.7 Å². The van der Waals surface area contributed by atoms with Crippen LogP contribution in [0, 0.1) is 5.92 Å². The summed E-state index contributed by atoms with van der Waals surface area (Å²) in [6.07, 6.45) is 14.4. The number of unbranched alkanes of at least 4 members (excludes halogenated alkanes) is 4. The lowest BCUT2D eigenvalue weighted by Gasteiger charge is -2.24. The summed E-state index contributed by atoms with van der Waals surface area (Å²) in [5, 5.41) is 0. The number of hydrogen-bond donors (Lipinski definition) is 0. The van der Waals surface area contributed by atoms with E-state index in [4.69, 9.17) is 14.2 Å². The highest BCUT2D eigenvalue weighted by Gasteiger charge is 2.15. The highest BCUT2D eigenvalue weighted by molar-refractivity contribution is 5.76. The molecule has 1 aromatic carbocycles. The molecule has 4 nitrogen and oxygen atoms in total. The standard InChI is InChI=1S/C12H16O3.C11H22O/c1-3-4-7-15-11-6-5-10(9-13)8-12(11)14-2;1-12-10-5-3-2-4-7-11-8-6-9-11/h5-6,8-9H,3-4,7H2,1-2H3;11H,2-10H2,1H3. The Morgan fingerprint density at radius 3 is 2.37 bits per heavy atom. The van der Waals surface area contributed by atoms with Gasteiger partial charge in [0.1, 0.15) is 6.29 Å². The lowest BCUT2D eigenvalue weighted by molar-refractivity contribution is 0.112. The molecule has 1 saturated carbocycles. The third kappa shape index (κ3) is 10.4. The van der Waals surface area contributed by atoms with Gasteiger partial charge in [-0.3, -0.25) is 4.79 Å². The van der Waals surface area contributed by atoms with E-state index in [1.165, 1.54) is 51.4 Å². The zero-order chi connectivity index (χ0) is 19.7. The molecule has 0 heterocycles. The molecule has 2 rings (SSSR count). The number of hydrogen-bond acceptors (Lipinski definition) is 4. The van der Waals surface area contributed by atoms with Gasteiger partial charge in [0, 0.05) is 19.3 Å². The molecule has 0 atom stereocenters. The molecule has 0 amide bonds. The fourth-order valence-electron chi connectivity index (χ4n) is 3.02. The Morgan fingerprint density at radius 2 is 1.78 bits per heavy atom. The molecule has 0 spiro atoms. The van der Waals surface area contributed by atoms with Crippen molar-refractivity contribution in [1.29, 1.82) is 0 Å². The highest BCUT2D eigenvalue weighted by Crippen LogP contribution is 2.31. The molecule has 0 N–H and O–H groups in total. The van der Waals surface area contributed by atoms with Gasteiger partial charge in [-0.15, -0.1) is 0 Å². The maximum Gasteiger partial charge on any atom is 0.161 e. The predicted molar refractivity (Wildman–Crippen MR) is 111 cm³/mol. The van der Waals surface area contributed by atoms with Crippen LogP contribution in [0.15, 0.2) is 18.2 Å². The third-order valence-corrected chi connectivity index (χ3v) is 5.01. The SMILES string of the molecule is CCCCOc1ccc(C=O)cc1OC.COCCCCCCC1CCC1. The number of methoxy groups -OCH3 is 2. The normalized spacial score (nSPS) is 13.3. The lowest BCUT2D eigenvalue weighted by atomic mass is 9.82.